The number of benzene rings is 9. The lowest BCUT2D eigenvalue weighted by Crippen LogP contribution is -2.11. The highest BCUT2D eigenvalue weighted by Crippen LogP contribution is 2.45. The van der Waals surface area contributed by atoms with E-state index in [1.807, 2.05) is 0 Å². The van der Waals surface area contributed by atoms with Crippen LogP contribution in [0, 0.1) is 0 Å². The first-order valence-electron chi connectivity index (χ1n) is 16.2. The maximum absolute atomic E-state index is 2.45. The summed E-state index contributed by atoms with van der Waals surface area (Å²) in [6, 6.07) is 68.3. The molecule has 0 aliphatic rings. The van der Waals surface area contributed by atoms with Crippen molar-refractivity contribution < 1.29 is 0 Å². The second-order valence-corrected chi connectivity index (χ2v) is 12.2. The number of anilines is 3. The summed E-state index contributed by atoms with van der Waals surface area (Å²) in [5.41, 5.74) is 8.29. The quantitative estimate of drug-likeness (QED) is 0.178. The van der Waals surface area contributed by atoms with Gasteiger partial charge in [0.1, 0.15) is 0 Å². The predicted molar refractivity (Wildman–Crippen MR) is 202 cm³/mol. The van der Waals surface area contributed by atoms with Crippen LogP contribution < -0.4 is 4.90 Å². The van der Waals surface area contributed by atoms with Gasteiger partial charge in [0.15, 0.2) is 0 Å². The second kappa shape index (κ2) is 11.3. The molecular formula is C46H31N. The molecule has 0 fully saturated rings. The van der Waals surface area contributed by atoms with Gasteiger partial charge in [-0.2, -0.15) is 0 Å². The van der Waals surface area contributed by atoms with Gasteiger partial charge in [0.05, 0.1) is 11.4 Å². The monoisotopic (exact) mass is 597 g/mol. The molecule has 0 aliphatic carbocycles. The summed E-state index contributed by atoms with van der Waals surface area (Å²) in [5.74, 6) is 0. The molecular weight excluding hydrogens is 567 g/mol. The Labute approximate surface area is 274 Å². The highest BCUT2D eigenvalue weighted by molar-refractivity contribution is 6.15. The van der Waals surface area contributed by atoms with E-state index in [9.17, 15) is 0 Å². The first-order valence-corrected chi connectivity index (χ1v) is 16.2. The smallest absolute Gasteiger partial charge is 0.0546 e. The van der Waals surface area contributed by atoms with E-state index in [2.05, 4.69) is 193 Å². The van der Waals surface area contributed by atoms with Crippen molar-refractivity contribution in [2.75, 3.05) is 4.90 Å². The van der Waals surface area contributed by atoms with E-state index in [0.29, 0.717) is 0 Å². The molecule has 0 radical (unpaired) electrons. The summed E-state index contributed by atoms with van der Waals surface area (Å²) < 4.78 is 0. The van der Waals surface area contributed by atoms with Gasteiger partial charge in [-0.1, -0.05) is 158 Å². The van der Waals surface area contributed by atoms with Crippen LogP contribution in [0.5, 0.6) is 0 Å². The zero-order valence-corrected chi connectivity index (χ0v) is 25.8. The Kier molecular flexibility index (Phi) is 6.54. The van der Waals surface area contributed by atoms with Crippen molar-refractivity contribution in [2.45, 2.75) is 0 Å². The highest BCUT2D eigenvalue weighted by atomic mass is 15.1. The van der Waals surface area contributed by atoms with Crippen molar-refractivity contribution >= 4 is 60.2 Å². The van der Waals surface area contributed by atoms with Crippen LogP contribution in [0.2, 0.25) is 0 Å². The Morgan fingerprint density at radius 1 is 0.277 bits per heavy atom. The average Bonchev–Trinajstić information content (AvgIpc) is 3.15. The van der Waals surface area contributed by atoms with Gasteiger partial charge in [0, 0.05) is 16.5 Å². The third-order valence-electron chi connectivity index (χ3n) is 9.40. The van der Waals surface area contributed by atoms with Gasteiger partial charge in [-0.25, -0.2) is 0 Å². The number of hydrogen-bond acceptors (Lipinski definition) is 1. The van der Waals surface area contributed by atoms with Gasteiger partial charge in [0.2, 0.25) is 0 Å². The standard InChI is InChI=1S/C46H31N/c1-4-22-39-32(13-1)16-11-27-40(39)36-20-9-18-34(29-36)35-19-10-21-38(30-35)47(45-28-12-17-33-14-2-6-24-42(33)45)46-31-37-15-3-5-23-41(37)43-25-7-8-26-44(43)46/h1-31H. The zero-order chi connectivity index (χ0) is 31.2. The van der Waals surface area contributed by atoms with Gasteiger partial charge in [-0.05, 0) is 84.9 Å². The largest absolute Gasteiger partial charge is 0.309 e. The van der Waals surface area contributed by atoms with E-state index in [1.165, 1.54) is 65.3 Å². The molecule has 0 spiro atoms. The van der Waals surface area contributed by atoms with Crippen molar-refractivity contribution in [3.05, 3.63) is 188 Å². The molecule has 47 heavy (non-hydrogen) atoms. The lowest BCUT2D eigenvalue weighted by molar-refractivity contribution is 1.32. The van der Waals surface area contributed by atoms with Gasteiger partial charge in [-0.15, -0.1) is 0 Å². The molecule has 0 unspecified atom stereocenters. The molecule has 0 saturated carbocycles. The van der Waals surface area contributed by atoms with Crippen LogP contribution in [0.1, 0.15) is 0 Å². The summed E-state index contributed by atoms with van der Waals surface area (Å²) in [7, 11) is 0. The van der Waals surface area contributed by atoms with Crippen LogP contribution in [0.15, 0.2) is 188 Å². The van der Waals surface area contributed by atoms with Crippen LogP contribution in [-0.2, 0) is 0 Å². The topological polar surface area (TPSA) is 3.24 Å². The molecule has 1 nitrogen and oxygen atoms in total. The van der Waals surface area contributed by atoms with E-state index in [-0.39, 0.29) is 0 Å². The minimum absolute atomic E-state index is 1.12. The van der Waals surface area contributed by atoms with E-state index in [0.717, 1.165) is 17.1 Å². The zero-order valence-electron chi connectivity index (χ0n) is 25.8. The Morgan fingerprint density at radius 3 is 1.62 bits per heavy atom. The van der Waals surface area contributed by atoms with Crippen LogP contribution in [-0.4, -0.2) is 0 Å². The highest BCUT2D eigenvalue weighted by Gasteiger charge is 2.19. The normalized spacial score (nSPS) is 11.4. The third kappa shape index (κ3) is 4.72. The van der Waals surface area contributed by atoms with Gasteiger partial charge < -0.3 is 4.90 Å². The minimum atomic E-state index is 1.12. The van der Waals surface area contributed by atoms with Gasteiger partial charge in [-0.3, -0.25) is 0 Å². The second-order valence-electron chi connectivity index (χ2n) is 12.2. The van der Waals surface area contributed by atoms with Crippen LogP contribution in [0.25, 0.3) is 65.3 Å². The number of rotatable bonds is 5. The first kappa shape index (κ1) is 27.2. The summed E-state index contributed by atoms with van der Waals surface area (Å²) >= 11 is 0. The fourth-order valence-electron chi connectivity index (χ4n) is 7.20. The molecule has 0 aliphatic heterocycles. The molecule has 220 valence electrons. The number of fused-ring (bicyclic) bond motifs is 5. The Balaban J connectivity index is 1.26. The van der Waals surface area contributed by atoms with E-state index >= 15 is 0 Å². The molecule has 0 saturated heterocycles. The molecule has 0 heterocycles. The number of nitrogens with zero attached hydrogens (tertiary/aromatic N) is 1. The molecule has 0 aromatic heterocycles. The Bertz CT molecular complexity index is 2580. The molecule has 0 bridgehead atoms. The van der Waals surface area contributed by atoms with Crippen molar-refractivity contribution in [2.24, 2.45) is 0 Å². The van der Waals surface area contributed by atoms with Crippen molar-refractivity contribution in [3.8, 4) is 22.3 Å². The minimum Gasteiger partial charge on any atom is -0.309 e. The van der Waals surface area contributed by atoms with Crippen LogP contribution in [0.3, 0.4) is 0 Å². The van der Waals surface area contributed by atoms with Crippen molar-refractivity contribution in [1.82, 2.24) is 0 Å². The SMILES string of the molecule is c1cc(-c2cccc(N(c3cccc4ccccc34)c3cc4ccccc4c4ccccc34)c2)cc(-c2cccc3ccccc23)c1. The van der Waals surface area contributed by atoms with Gasteiger partial charge >= 0.3 is 0 Å². The summed E-state index contributed by atoms with van der Waals surface area (Å²) in [6.45, 7) is 0. The Morgan fingerprint density at radius 2 is 0.809 bits per heavy atom. The summed E-state index contributed by atoms with van der Waals surface area (Å²) in [6.07, 6.45) is 0. The molecule has 1 heteroatoms. The first-order chi connectivity index (χ1) is 23.3. The number of hydrogen-bond donors (Lipinski definition) is 0. The lowest BCUT2D eigenvalue weighted by Gasteiger charge is -2.29. The summed E-state index contributed by atoms with van der Waals surface area (Å²) in [4.78, 5) is 2.45. The van der Waals surface area contributed by atoms with Crippen LogP contribution in [0.4, 0.5) is 17.1 Å². The fourth-order valence-corrected chi connectivity index (χ4v) is 7.20. The fraction of sp³-hybridized carbons (Fsp3) is 0. The molecule has 0 N–H and O–H groups in total. The van der Waals surface area contributed by atoms with E-state index in [4.69, 9.17) is 0 Å². The van der Waals surface area contributed by atoms with Gasteiger partial charge in [0.25, 0.3) is 0 Å². The molecule has 0 atom stereocenters. The van der Waals surface area contributed by atoms with E-state index in [1.54, 1.807) is 0 Å². The molecule has 9 rings (SSSR count). The third-order valence-corrected chi connectivity index (χ3v) is 9.40. The maximum Gasteiger partial charge on any atom is 0.0546 e. The van der Waals surface area contributed by atoms with E-state index < -0.39 is 0 Å². The average molecular weight is 598 g/mol. The molecule has 9 aromatic carbocycles. The lowest BCUT2D eigenvalue weighted by atomic mass is 9.95. The molecule has 0 amide bonds. The van der Waals surface area contributed by atoms with Crippen molar-refractivity contribution in [1.29, 1.82) is 0 Å². The Hall–Kier alpha value is -6.18. The molecule has 9 aromatic rings. The summed E-state index contributed by atoms with van der Waals surface area (Å²) in [5, 5.41) is 9.94. The van der Waals surface area contributed by atoms with Crippen LogP contribution >= 0.6 is 0 Å². The van der Waals surface area contributed by atoms with Crippen molar-refractivity contribution in [3.63, 3.8) is 0 Å². The predicted octanol–water partition coefficient (Wildman–Crippen LogP) is 13.1. The maximum atomic E-state index is 2.45.